The molecule has 4 rings (SSSR count). The van der Waals surface area contributed by atoms with Gasteiger partial charge in [0.15, 0.2) is 0 Å². The van der Waals surface area contributed by atoms with Gasteiger partial charge in [-0.1, -0.05) is 25.1 Å². The van der Waals surface area contributed by atoms with Gasteiger partial charge in [0.2, 0.25) is 11.8 Å². The Kier molecular flexibility index (Phi) is 5.21. The first-order valence-electron chi connectivity index (χ1n) is 10.7. The predicted octanol–water partition coefficient (Wildman–Crippen LogP) is 2.92. The van der Waals surface area contributed by atoms with Crippen molar-refractivity contribution >= 4 is 17.5 Å². The number of anilines is 1. The molecule has 0 aromatic heterocycles. The van der Waals surface area contributed by atoms with Crippen molar-refractivity contribution < 1.29 is 14.7 Å². The van der Waals surface area contributed by atoms with Crippen molar-refractivity contribution in [1.82, 2.24) is 4.90 Å². The van der Waals surface area contributed by atoms with Crippen LogP contribution in [0.4, 0.5) is 5.69 Å². The summed E-state index contributed by atoms with van der Waals surface area (Å²) in [4.78, 5) is 29.7. The molecule has 152 valence electrons. The van der Waals surface area contributed by atoms with Crippen LogP contribution >= 0.6 is 0 Å². The lowest BCUT2D eigenvalue weighted by molar-refractivity contribution is -0.136. The maximum absolute atomic E-state index is 13.2. The van der Waals surface area contributed by atoms with Gasteiger partial charge in [0.05, 0.1) is 12.0 Å². The highest BCUT2D eigenvalue weighted by molar-refractivity contribution is 6.01. The summed E-state index contributed by atoms with van der Waals surface area (Å²) < 4.78 is 0. The molecule has 28 heavy (non-hydrogen) atoms. The molecule has 0 radical (unpaired) electrons. The molecular formula is C23H32N2O3. The zero-order chi connectivity index (χ0) is 20.0. The minimum atomic E-state index is -0.257. The molecule has 3 fully saturated rings. The maximum Gasteiger partial charge on any atom is 0.228 e. The van der Waals surface area contributed by atoms with Crippen LogP contribution in [0, 0.1) is 24.7 Å². The monoisotopic (exact) mass is 384 g/mol. The zero-order valence-electron chi connectivity index (χ0n) is 17.2. The fraction of sp³-hybridized carbons (Fsp3) is 0.652. The second-order valence-corrected chi connectivity index (χ2v) is 9.06. The van der Waals surface area contributed by atoms with E-state index in [1.54, 1.807) is 0 Å². The zero-order valence-corrected chi connectivity index (χ0v) is 17.2. The van der Waals surface area contributed by atoms with Gasteiger partial charge in [-0.15, -0.1) is 0 Å². The summed E-state index contributed by atoms with van der Waals surface area (Å²) >= 11 is 0. The van der Waals surface area contributed by atoms with E-state index >= 15 is 0 Å². The van der Waals surface area contributed by atoms with Crippen LogP contribution in [0.5, 0.6) is 0 Å². The van der Waals surface area contributed by atoms with Crippen LogP contribution in [0.25, 0.3) is 0 Å². The molecule has 1 heterocycles. The average Bonchev–Trinajstić information content (AvgIpc) is 3.32. The largest absolute Gasteiger partial charge is 0.393 e. The highest BCUT2D eigenvalue weighted by atomic mass is 16.3. The molecule has 0 spiro atoms. The minimum Gasteiger partial charge on any atom is -0.393 e. The number of benzene rings is 1. The molecule has 3 aliphatic rings. The molecule has 5 heteroatoms. The second-order valence-electron chi connectivity index (χ2n) is 9.06. The van der Waals surface area contributed by atoms with Gasteiger partial charge >= 0.3 is 0 Å². The van der Waals surface area contributed by atoms with E-state index in [0.717, 1.165) is 48.9 Å². The highest BCUT2D eigenvalue weighted by Crippen LogP contribution is 2.45. The number of hydrogen-bond donors (Lipinski definition) is 1. The SMILES string of the molecule is CCc1cccc(C)c1N1CC(C(=O)N(C)C2C[C@H]3CC(O)C[C@H]3C2)CC1=O. The first kappa shape index (κ1) is 19.4. The Labute approximate surface area is 167 Å². The summed E-state index contributed by atoms with van der Waals surface area (Å²) in [5, 5.41) is 9.85. The highest BCUT2D eigenvalue weighted by Gasteiger charge is 2.45. The number of hydrogen-bond acceptors (Lipinski definition) is 3. The number of fused-ring (bicyclic) bond motifs is 1. The number of carbonyl (C=O) groups is 2. The van der Waals surface area contributed by atoms with Crippen LogP contribution < -0.4 is 4.90 Å². The summed E-state index contributed by atoms with van der Waals surface area (Å²) in [5.41, 5.74) is 3.26. The van der Waals surface area contributed by atoms with Gasteiger partial charge in [-0.25, -0.2) is 0 Å². The Morgan fingerprint density at radius 2 is 1.89 bits per heavy atom. The Morgan fingerprint density at radius 3 is 2.54 bits per heavy atom. The van der Waals surface area contributed by atoms with Crippen molar-refractivity contribution in [2.45, 2.75) is 64.5 Å². The molecule has 5 nitrogen and oxygen atoms in total. The number of nitrogens with zero attached hydrogens (tertiary/aromatic N) is 2. The maximum atomic E-state index is 13.2. The Balaban J connectivity index is 1.45. The first-order chi connectivity index (χ1) is 13.4. The smallest absolute Gasteiger partial charge is 0.228 e. The predicted molar refractivity (Wildman–Crippen MR) is 109 cm³/mol. The Hall–Kier alpha value is -1.88. The topological polar surface area (TPSA) is 60.9 Å². The molecule has 5 atom stereocenters. The number of para-hydroxylation sites is 1. The normalized spacial score (nSPS) is 32.1. The van der Waals surface area contributed by atoms with Crippen molar-refractivity contribution in [2.24, 2.45) is 17.8 Å². The molecular weight excluding hydrogens is 352 g/mol. The van der Waals surface area contributed by atoms with Crippen LogP contribution in [0.3, 0.4) is 0 Å². The molecule has 2 aliphatic carbocycles. The van der Waals surface area contributed by atoms with Crippen molar-refractivity contribution in [2.75, 3.05) is 18.5 Å². The van der Waals surface area contributed by atoms with Gasteiger partial charge in [0.25, 0.3) is 0 Å². The standard InChI is InChI=1S/C23H32N2O3/c1-4-15-7-5-6-14(2)22(15)25-13-18(12-21(25)27)23(28)24(3)19-8-16-10-20(26)11-17(16)9-19/h5-7,16-20,26H,4,8-13H2,1-3H3/t16-,17+,18?,19?,20?. The second kappa shape index (κ2) is 7.51. The van der Waals surface area contributed by atoms with Gasteiger partial charge in [-0.2, -0.15) is 0 Å². The molecule has 1 N–H and O–H groups in total. The lowest BCUT2D eigenvalue weighted by Gasteiger charge is -2.28. The van der Waals surface area contributed by atoms with E-state index in [1.807, 2.05) is 35.9 Å². The Bertz CT molecular complexity index is 763. The third-order valence-electron chi connectivity index (χ3n) is 7.31. The number of amides is 2. The summed E-state index contributed by atoms with van der Waals surface area (Å²) in [5.74, 6) is 1.01. The number of aliphatic hydroxyl groups excluding tert-OH is 1. The molecule has 2 saturated carbocycles. The van der Waals surface area contributed by atoms with Gasteiger partial charge < -0.3 is 14.9 Å². The van der Waals surface area contributed by atoms with E-state index in [2.05, 4.69) is 13.0 Å². The van der Waals surface area contributed by atoms with Crippen LogP contribution in [-0.4, -0.2) is 47.6 Å². The third kappa shape index (κ3) is 3.34. The van der Waals surface area contributed by atoms with E-state index in [4.69, 9.17) is 0 Å². The van der Waals surface area contributed by atoms with E-state index in [1.165, 1.54) is 0 Å². The summed E-state index contributed by atoms with van der Waals surface area (Å²) in [6.07, 6.45) is 4.77. The summed E-state index contributed by atoms with van der Waals surface area (Å²) in [6.45, 7) is 4.62. The summed E-state index contributed by atoms with van der Waals surface area (Å²) in [7, 11) is 1.91. The summed E-state index contributed by atoms with van der Waals surface area (Å²) in [6, 6.07) is 6.39. The van der Waals surface area contributed by atoms with Crippen molar-refractivity contribution in [3.8, 4) is 0 Å². The van der Waals surface area contributed by atoms with Crippen LogP contribution in [0.2, 0.25) is 0 Å². The fourth-order valence-corrected chi connectivity index (χ4v) is 5.82. The van der Waals surface area contributed by atoms with E-state index in [-0.39, 0.29) is 29.9 Å². The van der Waals surface area contributed by atoms with Crippen LogP contribution in [0.15, 0.2) is 18.2 Å². The molecule has 3 unspecified atom stereocenters. The van der Waals surface area contributed by atoms with Gasteiger partial charge in [-0.05, 0) is 62.0 Å². The quantitative estimate of drug-likeness (QED) is 0.868. The number of carbonyl (C=O) groups excluding carboxylic acids is 2. The lowest BCUT2D eigenvalue weighted by atomic mass is 10.0. The lowest BCUT2D eigenvalue weighted by Crippen LogP contribution is -2.41. The molecule has 1 saturated heterocycles. The minimum absolute atomic E-state index is 0.0576. The van der Waals surface area contributed by atoms with Crippen molar-refractivity contribution in [3.63, 3.8) is 0 Å². The number of aliphatic hydroxyl groups is 1. The van der Waals surface area contributed by atoms with E-state index in [9.17, 15) is 14.7 Å². The molecule has 2 amide bonds. The average molecular weight is 385 g/mol. The third-order valence-corrected chi connectivity index (χ3v) is 7.31. The molecule has 0 bridgehead atoms. The van der Waals surface area contributed by atoms with Gasteiger partial charge in [0, 0.05) is 31.7 Å². The van der Waals surface area contributed by atoms with Gasteiger partial charge in [-0.3, -0.25) is 9.59 Å². The fourth-order valence-electron chi connectivity index (χ4n) is 5.82. The molecule has 1 aromatic carbocycles. The van der Waals surface area contributed by atoms with Crippen LogP contribution in [0.1, 0.15) is 50.2 Å². The molecule has 1 aromatic rings. The van der Waals surface area contributed by atoms with Crippen molar-refractivity contribution in [1.29, 1.82) is 0 Å². The number of aryl methyl sites for hydroxylation is 2. The molecule has 1 aliphatic heterocycles. The first-order valence-corrected chi connectivity index (χ1v) is 10.7. The van der Waals surface area contributed by atoms with Crippen molar-refractivity contribution in [3.05, 3.63) is 29.3 Å². The van der Waals surface area contributed by atoms with E-state index < -0.39 is 0 Å². The van der Waals surface area contributed by atoms with E-state index in [0.29, 0.717) is 24.8 Å². The van der Waals surface area contributed by atoms with Crippen LogP contribution in [-0.2, 0) is 16.0 Å². The van der Waals surface area contributed by atoms with Gasteiger partial charge in [0.1, 0.15) is 0 Å². The Morgan fingerprint density at radius 1 is 1.21 bits per heavy atom. The number of rotatable bonds is 4.